The largest absolute Gasteiger partial charge is 0.485 e. The van der Waals surface area contributed by atoms with Crippen molar-refractivity contribution in [3.05, 3.63) is 24.0 Å². The number of hydrogen-bond donors (Lipinski definition) is 0. The fourth-order valence-electron chi connectivity index (χ4n) is 1.39. The number of allylic oxidation sites excluding steroid dienone is 2. The summed E-state index contributed by atoms with van der Waals surface area (Å²) in [4.78, 5) is 0. The van der Waals surface area contributed by atoms with Gasteiger partial charge in [0.15, 0.2) is 0 Å². The van der Waals surface area contributed by atoms with E-state index in [0.717, 1.165) is 5.76 Å². The van der Waals surface area contributed by atoms with E-state index in [4.69, 9.17) is 33.9 Å². The summed E-state index contributed by atoms with van der Waals surface area (Å²) in [5, 5.41) is 0. The first-order valence-corrected chi connectivity index (χ1v) is 5.38. The van der Waals surface area contributed by atoms with Crippen molar-refractivity contribution in [3.63, 3.8) is 0 Å². The van der Waals surface area contributed by atoms with Gasteiger partial charge in [0.25, 0.3) is 0 Å². The van der Waals surface area contributed by atoms with Crippen LogP contribution in [0.1, 0.15) is 6.42 Å². The fraction of sp³-hybridized carbons (Fsp3) is 0.385. The molecule has 0 radical (unpaired) electrons. The molecule has 0 bridgehead atoms. The molecular weight excluding hydrogens is 224 g/mol. The van der Waals surface area contributed by atoms with Gasteiger partial charge in [-0.1, -0.05) is 24.0 Å². The Bertz CT molecular complexity index is 370. The second-order valence-electron chi connectivity index (χ2n) is 3.35. The van der Waals surface area contributed by atoms with Crippen molar-refractivity contribution in [2.24, 2.45) is 0 Å². The third-order valence-electron chi connectivity index (χ3n) is 2.17. The molecule has 84 valence electrons. The summed E-state index contributed by atoms with van der Waals surface area (Å²) in [6.45, 7) is 0.465. The first kappa shape index (κ1) is 12.7. The molecule has 1 atom stereocenters. The standard InChI is InChI=1S/C13H13ClO2/c1-3-8-15-12-6-5-7-13(10-12,11-14)16-9-4-2/h1-2,5-7H,8-11H2. The molecule has 0 aliphatic heterocycles. The molecule has 0 N–H and O–H groups in total. The van der Waals surface area contributed by atoms with E-state index in [2.05, 4.69) is 11.8 Å². The Labute approximate surface area is 101 Å². The van der Waals surface area contributed by atoms with Crippen LogP contribution in [0.4, 0.5) is 0 Å². The summed E-state index contributed by atoms with van der Waals surface area (Å²) in [5.74, 6) is 5.92. The minimum absolute atomic E-state index is 0.222. The Hall–Kier alpha value is -1.35. The van der Waals surface area contributed by atoms with Crippen LogP contribution in [-0.4, -0.2) is 24.7 Å². The van der Waals surface area contributed by atoms with Crippen LogP contribution in [-0.2, 0) is 9.47 Å². The molecule has 0 aromatic heterocycles. The van der Waals surface area contributed by atoms with Crippen LogP contribution in [0, 0.1) is 24.7 Å². The van der Waals surface area contributed by atoms with Gasteiger partial charge < -0.3 is 9.47 Å². The van der Waals surface area contributed by atoms with E-state index in [1.54, 1.807) is 0 Å². The van der Waals surface area contributed by atoms with Crippen LogP contribution in [0.25, 0.3) is 0 Å². The summed E-state index contributed by atoms with van der Waals surface area (Å²) in [6, 6.07) is 0. The van der Waals surface area contributed by atoms with E-state index in [0.29, 0.717) is 12.3 Å². The molecule has 0 heterocycles. The van der Waals surface area contributed by atoms with E-state index < -0.39 is 5.60 Å². The van der Waals surface area contributed by atoms with E-state index >= 15 is 0 Å². The van der Waals surface area contributed by atoms with Crippen LogP contribution < -0.4 is 0 Å². The predicted octanol–water partition coefficient (Wildman–Crippen LogP) is 2.11. The lowest BCUT2D eigenvalue weighted by atomic mass is 9.96. The van der Waals surface area contributed by atoms with Crippen molar-refractivity contribution in [1.82, 2.24) is 0 Å². The summed E-state index contributed by atoms with van der Waals surface area (Å²) in [5.41, 5.74) is -0.577. The molecule has 2 nitrogen and oxygen atoms in total. The molecule has 1 aliphatic carbocycles. The van der Waals surface area contributed by atoms with Gasteiger partial charge in [-0.2, -0.15) is 0 Å². The molecule has 0 aromatic rings. The number of terminal acetylenes is 2. The average molecular weight is 237 g/mol. The number of hydrogen-bond acceptors (Lipinski definition) is 2. The maximum absolute atomic E-state index is 5.90. The molecule has 3 heteroatoms. The molecule has 0 amide bonds. The number of halogens is 1. The van der Waals surface area contributed by atoms with Crippen molar-refractivity contribution in [1.29, 1.82) is 0 Å². The van der Waals surface area contributed by atoms with Crippen LogP contribution in [0.3, 0.4) is 0 Å². The zero-order chi connectivity index (χ0) is 11.9. The normalized spacial score (nSPS) is 23.1. The SMILES string of the molecule is C#CCOC1=CC=CC(CCl)(OCC#C)C1. The van der Waals surface area contributed by atoms with Gasteiger partial charge >= 0.3 is 0 Å². The highest BCUT2D eigenvalue weighted by atomic mass is 35.5. The van der Waals surface area contributed by atoms with Crippen molar-refractivity contribution in [2.75, 3.05) is 19.1 Å². The van der Waals surface area contributed by atoms with E-state index in [1.165, 1.54) is 0 Å². The lowest BCUT2D eigenvalue weighted by molar-refractivity contribution is 0.0169. The van der Waals surface area contributed by atoms with Gasteiger partial charge in [-0.05, 0) is 6.08 Å². The number of alkyl halides is 1. The second kappa shape index (κ2) is 6.28. The van der Waals surface area contributed by atoms with Gasteiger partial charge in [-0.3, -0.25) is 0 Å². The Morgan fingerprint density at radius 3 is 2.75 bits per heavy atom. The second-order valence-corrected chi connectivity index (χ2v) is 3.62. The molecule has 0 saturated heterocycles. The Kier molecular flexibility index (Phi) is 4.99. The van der Waals surface area contributed by atoms with Gasteiger partial charge in [0, 0.05) is 6.42 Å². The molecule has 0 saturated carbocycles. The monoisotopic (exact) mass is 236 g/mol. The molecule has 0 fully saturated rings. The van der Waals surface area contributed by atoms with Gasteiger partial charge in [0.1, 0.15) is 24.6 Å². The van der Waals surface area contributed by atoms with Crippen LogP contribution in [0.5, 0.6) is 0 Å². The third-order valence-corrected chi connectivity index (χ3v) is 2.62. The molecule has 0 aromatic carbocycles. The minimum atomic E-state index is -0.577. The summed E-state index contributed by atoms with van der Waals surface area (Å²) < 4.78 is 10.9. The summed E-state index contributed by atoms with van der Waals surface area (Å²) >= 11 is 5.90. The Morgan fingerprint density at radius 2 is 2.12 bits per heavy atom. The number of ether oxygens (including phenoxy) is 2. The zero-order valence-electron chi connectivity index (χ0n) is 8.91. The summed E-state index contributed by atoms with van der Waals surface area (Å²) in [7, 11) is 0. The van der Waals surface area contributed by atoms with Gasteiger partial charge in [-0.15, -0.1) is 24.4 Å². The molecule has 0 spiro atoms. The lowest BCUT2D eigenvalue weighted by Gasteiger charge is -2.30. The molecular formula is C13H13ClO2. The van der Waals surface area contributed by atoms with Crippen molar-refractivity contribution < 1.29 is 9.47 Å². The quantitative estimate of drug-likeness (QED) is 0.538. The van der Waals surface area contributed by atoms with Crippen LogP contribution in [0.15, 0.2) is 24.0 Å². The Balaban J connectivity index is 2.64. The van der Waals surface area contributed by atoms with Crippen molar-refractivity contribution in [2.45, 2.75) is 12.0 Å². The number of rotatable bonds is 5. The first-order valence-electron chi connectivity index (χ1n) is 4.84. The van der Waals surface area contributed by atoms with E-state index in [1.807, 2.05) is 18.2 Å². The highest BCUT2D eigenvalue weighted by molar-refractivity contribution is 6.18. The molecule has 1 unspecified atom stereocenters. The third kappa shape index (κ3) is 3.35. The van der Waals surface area contributed by atoms with Crippen molar-refractivity contribution in [3.8, 4) is 24.7 Å². The maximum Gasteiger partial charge on any atom is 0.148 e. The van der Waals surface area contributed by atoms with Gasteiger partial charge in [0.05, 0.1) is 5.88 Å². The van der Waals surface area contributed by atoms with Gasteiger partial charge in [0.2, 0.25) is 0 Å². The lowest BCUT2D eigenvalue weighted by Crippen LogP contribution is -2.35. The van der Waals surface area contributed by atoms with Crippen LogP contribution >= 0.6 is 11.6 Å². The first-order chi connectivity index (χ1) is 7.76. The van der Waals surface area contributed by atoms with E-state index in [9.17, 15) is 0 Å². The van der Waals surface area contributed by atoms with Crippen LogP contribution in [0.2, 0.25) is 0 Å². The minimum Gasteiger partial charge on any atom is -0.485 e. The Morgan fingerprint density at radius 1 is 1.38 bits per heavy atom. The maximum atomic E-state index is 5.90. The van der Waals surface area contributed by atoms with E-state index in [-0.39, 0.29) is 13.2 Å². The average Bonchev–Trinajstić information content (AvgIpc) is 2.34. The van der Waals surface area contributed by atoms with Gasteiger partial charge in [-0.25, -0.2) is 0 Å². The fourth-order valence-corrected chi connectivity index (χ4v) is 1.65. The summed E-state index contributed by atoms with van der Waals surface area (Å²) in [6.07, 6.45) is 16.4. The predicted molar refractivity (Wildman–Crippen MR) is 64.9 cm³/mol. The molecule has 1 rings (SSSR count). The topological polar surface area (TPSA) is 18.5 Å². The molecule has 1 aliphatic rings. The van der Waals surface area contributed by atoms with Crippen molar-refractivity contribution >= 4 is 11.6 Å². The zero-order valence-corrected chi connectivity index (χ0v) is 9.67. The highest BCUT2D eigenvalue weighted by Crippen LogP contribution is 2.28. The highest BCUT2D eigenvalue weighted by Gasteiger charge is 2.30. The molecule has 16 heavy (non-hydrogen) atoms. The smallest absolute Gasteiger partial charge is 0.148 e.